The molecule has 1 heterocycles. The molecule has 0 aliphatic heterocycles. The number of nitrogens with zero attached hydrogens (tertiary/aromatic N) is 2. The van der Waals surface area contributed by atoms with Crippen molar-refractivity contribution in [3.8, 4) is 11.5 Å². The van der Waals surface area contributed by atoms with E-state index in [0.717, 1.165) is 19.3 Å². The third-order valence-electron chi connectivity index (χ3n) is 5.84. The van der Waals surface area contributed by atoms with Gasteiger partial charge in [-0.05, 0) is 42.9 Å². The highest BCUT2D eigenvalue weighted by Crippen LogP contribution is 2.30. The standard InChI is InChI=1S/C24H27N3O4/c1-30-21-13-18-20(14-22(21)31-2)25-15-27(24(18)29)12-6-11-23(28)26-19-10-5-8-16-7-3-4-9-17(16)19/h3-4,7,9,13-15,19H,5-6,8,10-12H2,1-2H3,(H,26,28). The van der Waals surface area contributed by atoms with Gasteiger partial charge in [-0.3, -0.25) is 14.2 Å². The average molecular weight is 421 g/mol. The minimum atomic E-state index is -0.160. The lowest BCUT2D eigenvalue weighted by molar-refractivity contribution is -0.122. The molecule has 0 bridgehead atoms. The van der Waals surface area contributed by atoms with E-state index in [1.807, 2.05) is 12.1 Å². The van der Waals surface area contributed by atoms with Gasteiger partial charge in [0, 0.05) is 19.0 Å². The van der Waals surface area contributed by atoms with Gasteiger partial charge >= 0.3 is 0 Å². The van der Waals surface area contributed by atoms with Gasteiger partial charge in [-0.2, -0.15) is 0 Å². The first-order valence-corrected chi connectivity index (χ1v) is 10.6. The summed E-state index contributed by atoms with van der Waals surface area (Å²) in [5.41, 5.74) is 2.93. The number of hydrogen-bond donors (Lipinski definition) is 1. The summed E-state index contributed by atoms with van der Waals surface area (Å²) in [6.45, 7) is 0.421. The van der Waals surface area contributed by atoms with E-state index in [-0.39, 0.29) is 17.5 Å². The molecule has 1 aromatic heterocycles. The first-order chi connectivity index (χ1) is 15.1. The fraction of sp³-hybridized carbons (Fsp3) is 0.375. The van der Waals surface area contributed by atoms with E-state index >= 15 is 0 Å². The van der Waals surface area contributed by atoms with Gasteiger partial charge in [0.15, 0.2) is 11.5 Å². The number of aryl methyl sites for hydroxylation is 2. The van der Waals surface area contributed by atoms with Crippen LogP contribution in [0.4, 0.5) is 0 Å². The number of amides is 1. The van der Waals surface area contributed by atoms with E-state index in [1.54, 1.807) is 19.2 Å². The molecule has 0 spiro atoms. The third kappa shape index (κ3) is 4.40. The van der Waals surface area contributed by atoms with Crippen LogP contribution in [-0.2, 0) is 17.8 Å². The molecule has 1 aliphatic rings. The van der Waals surface area contributed by atoms with Gasteiger partial charge < -0.3 is 14.8 Å². The van der Waals surface area contributed by atoms with Gasteiger partial charge in [-0.25, -0.2) is 4.98 Å². The van der Waals surface area contributed by atoms with Crippen molar-refractivity contribution >= 4 is 16.8 Å². The monoisotopic (exact) mass is 421 g/mol. The number of carbonyl (C=O) groups is 1. The Morgan fingerprint density at radius 2 is 1.97 bits per heavy atom. The lowest BCUT2D eigenvalue weighted by Crippen LogP contribution is -2.31. The Balaban J connectivity index is 1.40. The van der Waals surface area contributed by atoms with Crippen LogP contribution in [0, 0.1) is 0 Å². The number of nitrogens with one attached hydrogen (secondary N) is 1. The molecule has 0 radical (unpaired) electrons. The Hall–Kier alpha value is -3.35. The number of fused-ring (bicyclic) bond motifs is 2. The van der Waals surface area contributed by atoms with Crippen molar-refractivity contribution in [1.29, 1.82) is 0 Å². The summed E-state index contributed by atoms with van der Waals surface area (Å²) in [5, 5.41) is 3.62. The maximum absolute atomic E-state index is 12.9. The van der Waals surface area contributed by atoms with Gasteiger partial charge in [-0.15, -0.1) is 0 Å². The Morgan fingerprint density at radius 3 is 2.77 bits per heavy atom. The van der Waals surface area contributed by atoms with Gasteiger partial charge in [0.2, 0.25) is 5.91 Å². The number of ether oxygens (including phenoxy) is 2. The number of rotatable bonds is 7. The van der Waals surface area contributed by atoms with Crippen molar-refractivity contribution in [3.05, 3.63) is 64.2 Å². The number of hydrogen-bond acceptors (Lipinski definition) is 5. The lowest BCUT2D eigenvalue weighted by Gasteiger charge is -2.26. The van der Waals surface area contributed by atoms with Crippen molar-refractivity contribution in [2.75, 3.05) is 14.2 Å². The molecule has 1 N–H and O–H groups in total. The van der Waals surface area contributed by atoms with Crippen molar-refractivity contribution in [1.82, 2.24) is 14.9 Å². The SMILES string of the molecule is COc1cc2ncn(CCCC(=O)NC3CCCc4ccccc43)c(=O)c2cc1OC. The van der Waals surface area contributed by atoms with Crippen LogP contribution in [0.25, 0.3) is 10.9 Å². The van der Waals surface area contributed by atoms with Crippen LogP contribution in [0.1, 0.15) is 42.9 Å². The van der Waals surface area contributed by atoms with Crippen LogP contribution in [-0.4, -0.2) is 29.7 Å². The zero-order chi connectivity index (χ0) is 21.8. The fourth-order valence-corrected chi connectivity index (χ4v) is 4.23. The van der Waals surface area contributed by atoms with E-state index in [2.05, 4.69) is 22.4 Å². The quantitative estimate of drug-likeness (QED) is 0.632. The maximum Gasteiger partial charge on any atom is 0.261 e. The predicted octanol–water partition coefficient (Wildman–Crippen LogP) is 3.39. The van der Waals surface area contributed by atoms with Crippen LogP contribution in [0.3, 0.4) is 0 Å². The fourth-order valence-electron chi connectivity index (χ4n) is 4.23. The maximum atomic E-state index is 12.9. The van der Waals surface area contributed by atoms with Gasteiger partial charge in [0.05, 0.1) is 37.5 Å². The van der Waals surface area contributed by atoms with Crippen molar-refractivity contribution < 1.29 is 14.3 Å². The summed E-state index contributed by atoms with van der Waals surface area (Å²) < 4.78 is 12.1. The predicted molar refractivity (Wildman–Crippen MR) is 119 cm³/mol. The Labute approximate surface area is 181 Å². The summed E-state index contributed by atoms with van der Waals surface area (Å²) in [4.78, 5) is 29.7. The number of methoxy groups -OCH3 is 2. The molecule has 1 aliphatic carbocycles. The highest BCUT2D eigenvalue weighted by atomic mass is 16.5. The molecule has 0 saturated heterocycles. The molecule has 31 heavy (non-hydrogen) atoms. The van der Waals surface area contributed by atoms with E-state index in [1.165, 1.54) is 29.1 Å². The molecule has 0 saturated carbocycles. The first-order valence-electron chi connectivity index (χ1n) is 10.6. The minimum absolute atomic E-state index is 0.00917. The van der Waals surface area contributed by atoms with Crippen molar-refractivity contribution in [2.45, 2.75) is 44.7 Å². The highest BCUT2D eigenvalue weighted by Gasteiger charge is 2.21. The first kappa shape index (κ1) is 20.9. The Bertz CT molecular complexity index is 1160. The minimum Gasteiger partial charge on any atom is -0.493 e. The van der Waals surface area contributed by atoms with Crippen LogP contribution in [0.5, 0.6) is 11.5 Å². The number of carbonyl (C=O) groups excluding carboxylic acids is 1. The number of aromatic nitrogens is 2. The summed E-state index contributed by atoms with van der Waals surface area (Å²) in [6.07, 6.45) is 5.54. The summed E-state index contributed by atoms with van der Waals surface area (Å²) >= 11 is 0. The zero-order valence-electron chi connectivity index (χ0n) is 17.9. The molecule has 162 valence electrons. The molecular weight excluding hydrogens is 394 g/mol. The molecule has 1 unspecified atom stereocenters. The third-order valence-corrected chi connectivity index (χ3v) is 5.84. The molecule has 1 atom stereocenters. The normalized spacial score (nSPS) is 15.4. The second kappa shape index (κ2) is 9.20. The molecule has 1 amide bonds. The summed E-state index contributed by atoms with van der Waals surface area (Å²) in [7, 11) is 3.07. The van der Waals surface area contributed by atoms with Gasteiger partial charge in [0.1, 0.15) is 0 Å². The van der Waals surface area contributed by atoms with E-state index < -0.39 is 0 Å². The van der Waals surface area contributed by atoms with E-state index in [4.69, 9.17) is 9.47 Å². The van der Waals surface area contributed by atoms with Gasteiger partial charge in [-0.1, -0.05) is 24.3 Å². The number of benzene rings is 2. The summed E-state index contributed by atoms with van der Waals surface area (Å²) in [5.74, 6) is 1.02. The smallest absolute Gasteiger partial charge is 0.261 e. The van der Waals surface area contributed by atoms with Crippen molar-refractivity contribution in [2.24, 2.45) is 0 Å². The summed E-state index contributed by atoms with van der Waals surface area (Å²) in [6, 6.07) is 11.7. The zero-order valence-corrected chi connectivity index (χ0v) is 17.9. The molecule has 7 heteroatoms. The second-order valence-corrected chi connectivity index (χ2v) is 7.78. The van der Waals surface area contributed by atoms with Gasteiger partial charge in [0.25, 0.3) is 5.56 Å². The molecule has 0 fully saturated rings. The largest absolute Gasteiger partial charge is 0.493 e. The second-order valence-electron chi connectivity index (χ2n) is 7.78. The molecular formula is C24H27N3O4. The lowest BCUT2D eigenvalue weighted by atomic mass is 9.87. The van der Waals surface area contributed by atoms with Crippen molar-refractivity contribution in [3.63, 3.8) is 0 Å². The topological polar surface area (TPSA) is 82.5 Å². The van der Waals surface area contributed by atoms with E-state index in [0.29, 0.717) is 41.8 Å². The molecule has 4 rings (SSSR count). The Morgan fingerprint density at radius 1 is 1.19 bits per heavy atom. The van der Waals surface area contributed by atoms with Crippen LogP contribution >= 0.6 is 0 Å². The van der Waals surface area contributed by atoms with Crippen LogP contribution < -0.4 is 20.3 Å². The average Bonchev–Trinajstić information content (AvgIpc) is 2.80. The molecule has 3 aromatic rings. The Kier molecular flexibility index (Phi) is 6.21. The van der Waals surface area contributed by atoms with Crippen LogP contribution in [0.2, 0.25) is 0 Å². The molecule has 7 nitrogen and oxygen atoms in total. The van der Waals surface area contributed by atoms with Crippen LogP contribution in [0.15, 0.2) is 47.5 Å². The highest BCUT2D eigenvalue weighted by molar-refractivity contribution is 5.81. The van der Waals surface area contributed by atoms with E-state index in [9.17, 15) is 9.59 Å². The molecule has 2 aromatic carbocycles.